The van der Waals surface area contributed by atoms with E-state index in [1.165, 1.54) is 20.2 Å². The number of carbonyl (C=O) groups excluding carboxylic acids is 1. The first-order valence-corrected chi connectivity index (χ1v) is 14.7. The van der Waals surface area contributed by atoms with Crippen molar-refractivity contribution < 1.29 is 17.8 Å². The summed E-state index contributed by atoms with van der Waals surface area (Å²) in [5.41, 5.74) is 0.0817. The molecular weight excluding hydrogens is 476 g/mol. The lowest BCUT2D eigenvalue weighted by atomic mass is 9.70. The van der Waals surface area contributed by atoms with Crippen molar-refractivity contribution in [2.45, 2.75) is 54.7 Å². The topological polar surface area (TPSA) is 74.3 Å². The van der Waals surface area contributed by atoms with Gasteiger partial charge in [0.2, 0.25) is 0 Å². The van der Waals surface area contributed by atoms with Crippen molar-refractivity contribution in [1.82, 2.24) is 0 Å². The molecule has 0 spiro atoms. The number of hydrogen-bond donors (Lipinski definition) is 0. The number of ketones is 1. The Bertz CT molecular complexity index is 1230. The molecule has 35 heavy (non-hydrogen) atoms. The van der Waals surface area contributed by atoms with Crippen LogP contribution >= 0.6 is 0 Å². The summed E-state index contributed by atoms with van der Waals surface area (Å²) in [6, 6.07) is 30.4. The summed E-state index contributed by atoms with van der Waals surface area (Å²) < 4.78 is 32.7. The summed E-state index contributed by atoms with van der Waals surface area (Å²) in [5, 5.41) is 0. The molecule has 0 saturated heterocycles. The lowest BCUT2D eigenvalue weighted by Crippen LogP contribution is -2.42. The lowest BCUT2D eigenvalue weighted by molar-refractivity contribution is -0.128. The standard InChI is InChI=1S/C19H17S.C10H16O4S/c1-16-12-14-19(15-13-16)20(17-8-4-2-5-9-17)18-10-6-3-7-11-18;1-9(2)7-3-4-10(9,8(11)5-7)6-15(12,13)14/h2-15H,1H3;7H,3-6H2,1-2H3,(H,12,13,14)/q+1;/p-1. The van der Waals surface area contributed by atoms with Gasteiger partial charge >= 0.3 is 0 Å². The maximum Gasteiger partial charge on any atom is 0.166 e. The molecule has 2 saturated carbocycles. The minimum atomic E-state index is -4.33. The van der Waals surface area contributed by atoms with E-state index in [0.717, 1.165) is 6.42 Å². The molecular formula is C29H32O4S2. The van der Waals surface area contributed by atoms with Crippen LogP contribution < -0.4 is 0 Å². The third-order valence-electron chi connectivity index (χ3n) is 7.78. The number of hydrogen-bond acceptors (Lipinski definition) is 4. The first kappa shape index (κ1) is 25.7. The quantitative estimate of drug-likeness (QED) is 0.312. The molecule has 2 fully saturated rings. The van der Waals surface area contributed by atoms with E-state index in [4.69, 9.17) is 0 Å². The third kappa shape index (κ3) is 5.25. The van der Waals surface area contributed by atoms with Gasteiger partial charge in [-0.15, -0.1) is 0 Å². The number of fused-ring (bicyclic) bond motifs is 2. The highest BCUT2D eigenvalue weighted by atomic mass is 32.2. The van der Waals surface area contributed by atoms with Gasteiger partial charge in [-0.3, -0.25) is 4.79 Å². The second kappa shape index (κ2) is 9.92. The molecule has 3 aromatic carbocycles. The molecule has 0 aliphatic heterocycles. The number of carbonyl (C=O) groups is 1. The van der Waals surface area contributed by atoms with Gasteiger partial charge in [0.05, 0.1) is 26.8 Å². The van der Waals surface area contributed by atoms with Crippen LogP contribution in [0.25, 0.3) is 0 Å². The van der Waals surface area contributed by atoms with E-state index in [-0.39, 0.29) is 28.0 Å². The average molecular weight is 509 g/mol. The van der Waals surface area contributed by atoms with Crippen LogP contribution in [0.3, 0.4) is 0 Å². The summed E-state index contributed by atoms with van der Waals surface area (Å²) >= 11 is 0. The largest absolute Gasteiger partial charge is 0.748 e. The Morgan fingerprint density at radius 3 is 1.74 bits per heavy atom. The molecule has 2 aliphatic carbocycles. The molecule has 2 atom stereocenters. The number of aryl methyl sites for hydroxylation is 1. The molecule has 0 N–H and O–H groups in total. The molecule has 2 bridgehead atoms. The van der Waals surface area contributed by atoms with Gasteiger partial charge in [0.1, 0.15) is 5.78 Å². The van der Waals surface area contributed by atoms with Gasteiger partial charge in [-0.05, 0) is 67.5 Å². The highest BCUT2D eigenvalue weighted by molar-refractivity contribution is 7.97. The monoisotopic (exact) mass is 508 g/mol. The number of rotatable bonds is 5. The van der Waals surface area contributed by atoms with Gasteiger partial charge < -0.3 is 4.55 Å². The molecule has 3 aromatic rings. The highest BCUT2D eigenvalue weighted by Crippen LogP contribution is 2.64. The van der Waals surface area contributed by atoms with E-state index < -0.39 is 21.3 Å². The van der Waals surface area contributed by atoms with Gasteiger partial charge in [-0.1, -0.05) is 67.9 Å². The van der Waals surface area contributed by atoms with Crippen LogP contribution in [0.1, 0.15) is 38.7 Å². The average Bonchev–Trinajstić information content (AvgIpc) is 3.16. The zero-order valence-electron chi connectivity index (χ0n) is 20.4. The minimum Gasteiger partial charge on any atom is -0.748 e. The molecule has 0 amide bonds. The Morgan fingerprint density at radius 1 is 0.857 bits per heavy atom. The van der Waals surface area contributed by atoms with Gasteiger partial charge in [0.15, 0.2) is 14.7 Å². The molecule has 2 aliphatic rings. The van der Waals surface area contributed by atoms with Crippen LogP contribution in [0.5, 0.6) is 0 Å². The van der Waals surface area contributed by atoms with Crippen LogP contribution in [0.2, 0.25) is 0 Å². The van der Waals surface area contributed by atoms with E-state index in [0.29, 0.717) is 12.8 Å². The van der Waals surface area contributed by atoms with E-state index >= 15 is 0 Å². The summed E-state index contributed by atoms with van der Waals surface area (Å²) in [7, 11) is -4.35. The summed E-state index contributed by atoms with van der Waals surface area (Å²) in [4.78, 5) is 15.9. The Kier molecular flexibility index (Phi) is 7.28. The predicted molar refractivity (Wildman–Crippen MR) is 139 cm³/mol. The smallest absolute Gasteiger partial charge is 0.166 e. The fourth-order valence-corrected chi connectivity index (χ4v) is 8.97. The molecule has 0 aromatic heterocycles. The SMILES string of the molecule is CC1(C)C2CCC1(CS(=O)(=O)[O-])C(=O)C2.Cc1ccc([S+](c2ccccc2)c2ccccc2)cc1. The van der Waals surface area contributed by atoms with Crippen molar-refractivity contribution in [3.05, 3.63) is 90.5 Å². The Morgan fingerprint density at radius 2 is 1.34 bits per heavy atom. The van der Waals surface area contributed by atoms with E-state index in [2.05, 4.69) is 91.9 Å². The summed E-state index contributed by atoms with van der Waals surface area (Å²) in [5.74, 6) is -0.280. The second-order valence-corrected chi connectivity index (χ2v) is 13.5. The lowest BCUT2D eigenvalue weighted by Gasteiger charge is -2.37. The number of benzene rings is 3. The van der Waals surface area contributed by atoms with Crippen LogP contribution in [0, 0.1) is 23.7 Å². The zero-order chi connectivity index (χ0) is 25.3. The van der Waals surface area contributed by atoms with E-state index in [9.17, 15) is 17.8 Å². The minimum absolute atomic E-state index is 0.0229. The molecule has 0 radical (unpaired) electrons. The van der Waals surface area contributed by atoms with Crippen molar-refractivity contribution in [3.63, 3.8) is 0 Å². The van der Waals surface area contributed by atoms with Gasteiger partial charge in [-0.2, -0.15) is 0 Å². The Balaban J connectivity index is 0.000000172. The highest BCUT2D eigenvalue weighted by Gasteiger charge is 2.64. The molecule has 2 unspecified atom stereocenters. The maximum absolute atomic E-state index is 11.8. The fraction of sp³-hybridized carbons (Fsp3) is 0.345. The summed E-state index contributed by atoms with van der Waals surface area (Å²) in [6.07, 6.45) is 1.88. The van der Waals surface area contributed by atoms with Gasteiger partial charge in [-0.25, -0.2) is 8.42 Å². The maximum atomic E-state index is 11.8. The second-order valence-electron chi connectivity index (χ2n) is 10.1. The van der Waals surface area contributed by atoms with Gasteiger partial charge in [0, 0.05) is 11.8 Å². The van der Waals surface area contributed by atoms with Crippen LogP contribution in [-0.2, 0) is 25.8 Å². The third-order valence-corrected chi connectivity index (χ3v) is 10.9. The van der Waals surface area contributed by atoms with Crippen molar-refractivity contribution >= 4 is 26.8 Å². The first-order chi connectivity index (χ1) is 16.5. The predicted octanol–water partition coefficient (Wildman–Crippen LogP) is 6.02. The molecule has 184 valence electrons. The van der Waals surface area contributed by atoms with Crippen LogP contribution in [-0.4, -0.2) is 24.5 Å². The molecule has 5 rings (SSSR count). The number of Topliss-reactive ketones (excluding diaryl/α,β-unsaturated/α-hetero) is 1. The molecule has 4 nitrogen and oxygen atoms in total. The van der Waals surface area contributed by atoms with E-state index in [1.54, 1.807) is 0 Å². The summed E-state index contributed by atoms with van der Waals surface area (Å²) in [6.45, 7) is 5.97. The van der Waals surface area contributed by atoms with Crippen LogP contribution in [0.15, 0.2) is 99.6 Å². The van der Waals surface area contributed by atoms with Crippen molar-refractivity contribution in [3.8, 4) is 0 Å². The first-order valence-electron chi connectivity index (χ1n) is 11.9. The normalized spacial score (nSPS) is 22.7. The van der Waals surface area contributed by atoms with Crippen molar-refractivity contribution in [2.24, 2.45) is 16.7 Å². The molecule has 6 heteroatoms. The zero-order valence-corrected chi connectivity index (χ0v) is 22.1. The Hall–Kier alpha value is -2.41. The Labute approximate surface area is 211 Å². The van der Waals surface area contributed by atoms with Crippen molar-refractivity contribution in [2.75, 3.05) is 5.75 Å². The molecule has 0 heterocycles. The van der Waals surface area contributed by atoms with Gasteiger partial charge in [0.25, 0.3) is 0 Å². The van der Waals surface area contributed by atoms with E-state index in [1.807, 2.05) is 13.8 Å². The van der Waals surface area contributed by atoms with Crippen LogP contribution in [0.4, 0.5) is 0 Å². The fourth-order valence-electron chi connectivity index (χ4n) is 5.61. The van der Waals surface area contributed by atoms with Crippen molar-refractivity contribution in [1.29, 1.82) is 0 Å².